The third-order valence-electron chi connectivity index (χ3n) is 8.45. The molecule has 2 N–H and O–H groups in total. The van der Waals surface area contributed by atoms with E-state index in [1.165, 1.54) is 13.2 Å². The molecule has 1 spiro atoms. The normalized spacial score (nSPS) is 38.4. The van der Waals surface area contributed by atoms with Gasteiger partial charge in [0.15, 0.2) is 0 Å². The molecule has 0 saturated heterocycles. The van der Waals surface area contributed by atoms with Crippen LogP contribution in [-0.2, 0) is 11.2 Å². The minimum Gasteiger partial charge on any atom is -0.508 e. The number of hydrogen-bond acceptors (Lipinski definition) is 5. The van der Waals surface area contributed by atoms with Crippen LogP contribution in [0.15, 0.2) is 12.1 Å². The second-order valence-corrected chi connectivity index (χ2v) is 9.96. The van der Waals surface area contributed by atoms with E-state index in [1.54, 1.807) is 6.07 Å². The Balaban J connectivity index is 1.80. The molecule has 0 radical (unpaired) electrons. The number of benzene rings is 1. The van der Waals surface area contributed by atoms with Crippen molar-refractivity contribution in [1.29, 1.82) is 0 Å². The number of carbonyl (C=O) groups excluding carboxylic acids is 1. The summed E-state index contributed by atoms with van der Waals surface area (Å²) in [5.41, 5.74) is 0.342. The smallest absolute Gasteiger partial charge is 0.338 e. The van der Waals surface area contributed by atoms with Crippen LogP contribution >= 0.6 is 0 Å². The van der Waals surface area contributed by atoms with Gasteiger partial charge in [-0.3, -0.25) is 0 Å². The summed E-state index contributed by atoms with van der Waals surface area (Å²) in [6.07, 6.45) is 4.07. The van der Waals surface area contributed by atoms with Crippen LogP contribution in [0.25, 0.3) is 0 Å². The maximum absolute atomic E-state index is 12.0. The zero-order valence-corrected chi connectivity index (χ0v) is 17.5. The van der Waals surface area contributed by atoms with Gasteiger partial charge in [0.25, 0.3) is 0 Å². The van der Waals surface area contributed by atoms with Gasteiger partial charge < -0.3 is 19.7 Å². The lowest BCUT2D eigenvalue weighted by atomic mass is 9.43. The number of ether oxygens (including phenoxy) is 2. The Labute approximate surface area is 167 Å². The molecule has 3 aliphatic rings. The average molecular weight is 389 g/mol. The van der Waals surface area contributed by atoms with E-state index in [9.17, 15) is 15.0 Å². The van der Waals surface area contributed by atoms with Crippen molar-refractivity contribution in [3.05, 3.63) is 23.3 Å². The van der Waals surface area contributed by atoms with Crippen LogP contribution in [0.1, 0.15) is 69.3 Å². The molecule has 1 heterocycles. The Morgan fingerprint density at radius 2 is 1.93 bits per heavy atom. The lowest BCUT2D eigenvalue weighted by molar-refractivity contribution is -0.210. The van der Waals surface area contributed by atoms with E-state index in [2.05, 4.69) is 27.7 Å². The maximum atomic E-state index is 12.0. The molecule has 1 aliphatic heterocycles. The summed E-state index contributed by atoms with van der Waals surface area (Å²) >= 11 is 0. The molecule has 0 amide bonds. The molecule has 1 unspecified atom stereocenters. The highest BCUT2D eigenvalue weighted by Gasteiger charge is 2.66. The molecule has 5 heteroatoms. The topological polar surface area (TPSA) is 76.0 Å². The predicted molar refractivity (Wildman–Crippen MR) is 106 cm³/mol. The Morgan fingerprint density at radius 1 is 1.21 bits per heavy atom. The minimum atomic E-state index is -0.481. The third-order valence-corrected chi connectivity index (χ3v) is 8.45. The van der Waals surface area contributed by atoms with Crippen molar-refractivity contribution >= 4 is 5.97 Å². The van der Waals surface area contributed by atoms with Gasteiger partial charge in [-0.2, -0.15) is 0 Å². The van der Waals surface area contributed by atoms with Crippen LogP contribution in [0.5, 0.6) is 11.5 Å². The Bertz CT molecular complexity index is 815. The van der Waals surface area contributed by atoms with Crippen LogP contribution in [-0.4, -0.2) is 35.0 Å². The van der Waals surface area contributed by atoms with Crippen LogP contribution in [0, 0.1) is 22.7 Å². The first-order valence-electron chi connectivity index (χ1n) is 10.4. The van der Waals surface area contributed by atoms with Gasteiger partial charge in [0.1, 0.15) is 17.1 Å². The van der Waals surface area contributed by atoms with E-state index >= 15 is 0 Å². The maximum Gasteiger partial charge on any atom is 0.338 e. The van der Waals surface area contributed by atoms with Gasteiger partial charge in [-0.05, 0) is 55.1 Å². The predicted octanol–water partition coefficient (Wildman–Crippen LogP) is 4.09. The highest BCUT2D eigenvalue weighted by atomic mass is 16.5. The number of aliphatic hydroxyl groups excluding tert-OH is 1. The van der Waals surface area contributed by atoms with E-state index < -0.39 is 11.6 Å². The van der Waals surface area contributed by atoms with E-state index in [1.807, 2.05) is 0 Å². The third kappa shape index (κ3) is 2.38. The van der Waals surface area contributed by atoms with Gasteiger partial charge in [-0.25, -0.2) is 4.79 Å². The van der Waals surface area contributed by atoms with Gasteiger partial charge in [-0.1, -0.05) is 27.7 Å². The summed E-state index contributed by atoms with van der Waals surface area (Å²) in [6, 6.07) is 3.19. The van der Waals surface area contributed by atoms with Gasteiger partial charge in [0.05, 0.1) is 18.8 Å². The number of phenolic OH excluding ortho intramolecular Hbond substituents is 1. The van der Waals surface area contributed by atoms with E-state index in [0.717, 1.165) is 31.2 Å². The zero-order valence-electron chi connectivity index (χ0n) is 17.5. The molecule has 5 nitrogen and oxygen atoms in total. The first kappa shape index (κ1) is 19.6. The summed E-state index contributed by atoms with van der Waals surface area (Å²) in [6.45, 7) is 8.91. The molecular formula is C23H32O5. The number of phenols is 1. The molecule has 5 atom stereocenters. The van der Waals surface area contributed by atoms with Crippen molar-refractivity contribution in [3.8, 4) is 11.5 Å². The highest BCUT2D eigenvalue weighted by molar-refractivity contribution is 5.90. The summed E-state index contributed by atoms with van der Waals surface area (Å²) in [7, 11) is 1.33. The molecule has 2 aliphatic carbocycles. The van der Waals surface area contributed by atoms with Crippen molar-refractivity contribution in [2.45, 2.75) is 71.5 Å². The monoisotopic (exact) mass is 388 g/mol. The summed E-state index contributed by atoms with van der Waals surface area (Å²) < 4.78 is 11.5. The van der Waals surface area contributed by atoms with Crippen LogP contribution < -0.4 is 4.74 Å². The van der Waals surface area contributed by atoms with Crippen LogP contribution in [0.3, 0.4) is 0 Å². The number of hydrogen-bond donors (Lipinski definition) is 2. The molecule has 0 bridgehead atoms. The van der Waals surface area contributed by atoms with E-state index in [4.69, 9.17) is 9.47 Å². The molecule has 1 aromatic rings. The SMILES string of the molecule is COC(=O)c1cc(O)c2c(c1)O[C@]1(C2)[C@H](C)CCC2C(C)(C)[C@H](O)CC[C@@]21C. The number of fused-ring (bicyclic) bond motifs is 3. The zero-order chi connectivity index (χ0) is 20.5. The lowest BCUT2D eigenvalue weighted by Gasteiger charge is -2.64. The fraction of sp³-hybridized carbons (Fsp3) is 0.696. The summed E-state index contributed by atoms with van der Waals surface area (Å²) in [5.74, 6) is 0.857. The first-order valence-corrected chi connectivity index (χ1v) is 10.4. The molecule has 154 valence electrons. The number of carbonyl (C=O) groups is 1. The quantitative estimate of drug-likeness (QED) is 0.709. The Kier molecular flexibility index (Phi) is 4.28. The van der Waals surface area contributed by atoms with Crippen molar-refractivity contribution in [2.75, 3.05) is 7.11 Å². The van der Waals surface area contributed by atoms with Crippen molar-refractivity contribution in [1.82, 2.24) is 0 Å². The lowest BCUT2D eigenvalue weighted by Crippen LogP contribution is -2.66. The van der Waals surface area contributed by atoms with Gasteiger partial charge in [0.2, 0.25) is 0 Å². The largest absolute Gasteiger partial charge is 0.508 e. The van der Waals surface area contributed by atoms with Crippen molar-refractivity contribution in [3.63, 3.8) is 0 Å². The number of esters is 1. The molecule has 2 saturated carbocycles. The van der Waals surface area contributed by atoms with Crippen molar-refractivity contribution in [2.24, 2.45) is 22.7 Å². The van der Waals surface area contributed by atoms with Gasteiger partial charge >= 0.3 is 5.97 Å². The summed E-state index contributed by atoms with van der Waals surface area (Å²) in [4.78, 5) is 12.0. The molecule has 28 heavy (non-hydrogen) atoms. The molecule has 1 aromatic carbocycles. The van der Waals surface area contributed by atoms with Gasteiger partial charge in [-0.15, -0.1) is 0 Å². The number of aliphatic hydroxyl groups is 1. The first-order chi connectivity index (χ1) is 13.1. The highest BCUT2D eigenvalue weighted by Crippen LogP contribution is 2.66. The van der Waals surface area contributed by atoms with Crippen molar-refractivity contribution < 1.29 is 24.5 Å². The number of methoxy groups -OCH3 is 1. The number of aromatic hydroxyl groups is 1. The van der Waals surface area contributed by atoms with Crippen LogP contribution in [0.2, 0.25) is 0 Å². The van der Waals surface area contributed by atoms with Gasteiger partial charge in [0, 0.05) is 17.4 Å². The second-order valence-electron chi connectivity index (χ2n) is 9.96. The Morgan fingerprint density at radius 3 is 2.61 bits per heavy atom. The molecule has 4 rings (SSSR count). The minimum absolute atomic E-state index is 0.0998. The van der Waals surface area contributed by atoms with E-state index in [0.29, 0.717) is 29.6 Å². The molecule has 0 aromatic heterocycles. The second kappa shape index (κ2) is 6.12. The fourth-order valence-corrected chi connectivity index (χ4v) is 6.67. The number of rotatable bonds is 1. The van der Waals surface area contributed by atoms with Crippen LogP contribution in [0.4, 0.5) is 0 Å². The molecule has 2 fully saturated rings. The average Bonchev–Trinajstić information content (AvgIpc) is 3.04. The standard InChI is InChI=1S/C23H32O5/c1-13-6-7-18-21(2,3)19(25)8-9-22(18,4)23(13)12-15-16(24)10-14(20(26)27-5)11-17(15)28-23/h10-11,13,18-19,24-25H,6-9,12H2,1-5H3/t13-,18?,19-,22+,23-/m1/s1. The fourth-order valence-electron chi connectivity index (χ4n) is 6.67. The van der Waals surface area contributed by atoms with E-state index in [-0.39, 0.29) is 22.7 Å². The molecular weight excluding hydrogens is 356 g/mol. The Hall–Kier alpha value is -1.75. The summed E-state index contributed by atoms with van der Waals surface area (Å²) in [5, 5.41) is 21.4.